The second-order valence-corrected chi connectivity index (χ2v) is 7.32. The number of carbonyl (C=O) groups excluding carboxylic acids is 1. The summed E-state index contributed by atoms with van der Waals surface area (Å²) in [6, 6.07) is 8.90. The van der Waals surface area contributed by atoms with Crippen LogP contribution in [0.4, 0.5) is 4.39 Å². The number of hydrogen-bond donors (Lipinski definition) is 1. The maximum Gasteiger partial charge on any atom is 0.264 e. The van der Waals surface area contributed by atoms with Crippen LogP contribution in [0.1, 0.15) is 16.7 Å². The quantitative estimate of drug-likeness (QED) is 0.916. The lowest BCUT2D eigenvalue weighted by atomic mass is 10.1. The second kappa shape index (κ2) is 6.68. The van der Waals surface area contributed by atoms with Crippen LogP contribution in [0.2, 0.25) is 5.02 Å². The Balaban J connectivity index is 2.17. The van der Waals surface area contributed by atoms with Gasteiger partial charge in [-0.1, -0.05) is 23.7 Å². The summed E-state index contributed by atoms with van der Waals surface area (Å²) in [5, 5.41) is 0.527. The van der Waals surface area contributed by atoms with Crippen LogP contribution in [0.3, 0.4) is 0 Å². The molecule has 0 aliphatic rings. The second-order valence-electron chi connectivity index (χ2n) is 5.20. The first-order valence-electron chi connectivity index (χ1n) is 6.76. The molecule has 0 saturated heterocycles. The molecule has 0 fully saturated rings. The van der Waals surface area contributed by atoms with Crippen molar-refractivity contribution in [2.75, 3.05) is 0 Å². The van der Waals surface area contributed by atoms with Crippen molar-refractivity contribution < 1.29 is 17.6 Å². The summed E-state index contributed by atoms with van der Waals surface area (Å²) in [6.45, 7) is 2.94. The molecule has 0 bridgehead atoms. The Morgan fingerprint density at radius 2 is 1.65 bits per heavy atom. The molecule has 0 spiro atoms. The number of aryl methyl sites for hydroxylation is 2. The Bertz CT molecular complexity index is 825. The molecule has 1 amide bonds. The molecule has 2 aromatic rings. The molecule has 0 heterocycles. The molecular weight excluding hydrogens is 341 g/mol. The third-order valence-corrected chi connectivity index (χ3v) is 4.85. The predicted molar refractivity (Wildman–Crippen MR) is 86.4 cm³/mol. The number of amides is 1. The first kappa shape index (κ1) is 17.4. The molecule has 0 aliphatic heterocycles. The molecule has 0 unspecified atom stereocenters. The van der Waals surface area contributed by atoms with E-state index in [9.17, 15) is 17.6 Å². The molecule has 1 N–H and O–H groups in total. The van der Waals surface area contributed by atoms with E-state index in [1.54, 1.807) is 24.3 Å². The van der Waals surface area contributed by atoms with Crippen molar-refractivity contribution in [3.63, 3.8) is 0 Å². The summed E-state index contributed by atoms with van der Waals surface area (Å²) >= 11 is 5.75. The van der Waals surface area contributed by atoms with E-state index in [4.69, 9.17) is 11.6 Å². The van der Waals surface area contributed by atoms with Gasteiger partial charge in [-0.25, -0.2) is 17.5 Å². The number of halogens is 2. The zero-order valence-corrected chi connectivity index (χ0v) is 14.1. The highest BCUT2D eigenvalue weighted by Crippen LogP contribution is 2.18. The van der Waals surface area contributed by atoms with Crippen LogP contribution in [0.15, 0.2) is 41.3 Å². The Morgan fingerprint density at radius 3 is 2.17 bits per heavy atom. The van der Waals surface area contributed by atoms with Crippen LogP contribution in [0.25, 0.3) is 0 Å². The molecule has 2 rings (SSSR count). The predicted octanol–water partition coefficient (Wildman–Crippen LogP) is 3.14. The molecule has 0 saturated carbocycles. The number of nitrogens with one attached hydrogen (secondary N) is 1. The van der Waals surface area contributed by atoms with Gasteiger partial charge >= 0.3 is 0 Å². The van der Waals surface area contributed by atoms with Gasteiger partial charge in [0.1, 0.15) is 5.82 Å². The van der Waals surface area contributed by atoms with Crippen LogP contribution in [-0.2, 0) is 21.2 Å². The topological polar surface area (TPSA) is 63.2 Å². The third-order valence-electron chi connectivity index (χ3n) is 3.25. The van der Waals surface area contributed by atoms with Crippen LogP contribution >= 0.6 is 11.6 Å². The van der Waals surface area contributed by atoms with E-state index in [2.05, 4.69) is 0 Å². The minimum Gasteiger partial charge on any atom is -0.274 e. The van der Waals surface area contributed by atoms with Gasteiger partial charge in [-0.15, -0.1) is 0 Å². The van der Waals surface area contributed by atoms with Gasteiger partial charge in [-0.3, -0.25) is 4.79 Å². The van der Waals surface area contributed by atoms with Crippen molar-refractivity contribution in [2.24, 2.45) is 0 Å². The molecule has 2 aromatic carbocycles. The zero-order chi connectivity index (χ0) is 17.2. The van der Waals surface area contributed by atoms with Crippen LogP contribution < -0.4 is 4.72 Å². The molecule has 0 aliphatic carbocycles. The largest absolute Gasteiger partial charge is 0.274 e. The lowest BCUT2D eigenvalue weighted by Crippen LogP contribution is -2.32. The number of sulfonamides is 1. The van der Waals surface area contributed by atoms with Crippen molar-refractivity contribution in [1.82, 2.24) is 4.72 Å². The summed E-state index contributed by atoms with van der Waals surface area (Å²) in [5.41, 5.74) is 1.04. The minimum absolute atomic E-state index is 0.102. The number of benzene rings is 2. The van der Waals surface area contributed by atoms with Crippen LogP contribution in [0, 0.1) is 19.7 Å². The first-order valence-corrected chi connectivity index (χ1v) is 8.62. The monoisotopic (exact) mass is 355 g/mol. The van der Waals surface area contributed by atoms with Crippen molar-refractivity contribution in [3.05, 3.63) is 63.9 Å². The normalized spacial score (nSPS) is 11.3. The maximum atomic E-state index is 13.6. The lowest BCUT2D eigenvalue weighted by molar-refractivity contribution is -0.118. The molecule has 23 heavy (non-hydrogen) atoms. The minimum atomic E-state index is -4.04. The molecular formula is C16H15ClFNO3S. The van der Waals surface area contributed by atoms with Crippen molar-refractivity contribution in [2.45, 2.75) is 25.2 Å². The van der Waals surface area contributed by atoms with Gasteiger partial charge in [0.2, 0.25) is 5.91 Å². The average molecular weight is 356 g/mol. The molecule has 0 atom stereocenters. The van der Waals surface area contributed by atoms with Crippen LogP contribution in [0.5, 0.6) is 0 Å². The van der Waals surface area contributed by atoms with Crippen molar-refractivity contribution in [3.8, 4) is 0 Å². The molecule has 0 aromatic heterocycles. The van der Waals surface area contributed by atoms with Gasteiger partial charge < -0.3 is 0 Å². The Kier molecular flexibility index (Phi) is 5.06. The molecule has 0 radical (unpaired) electrons. The summed E-state index contributed by atoms with van der Waals surface area (Å²) < 4.78 is 40.0. The van der Waals surface area contributed by atoms with Gasteiger partial charge in [-0.2, -0.15) is 0 Å². The summed E-state index contributed by atoms with van der Waals surface area (Å²) in [5.74, 6) is -1.14. The highest BCUT2D eigenvalue weighted by atomic mass is 35.5. The molecule has 4 nitrogen and oxygen atoms in total. The fraction of sp³-hybridized carbons (Fsp3) is 0.188. The van der Waals surface area contributed by atoms with Gasteiger partial charge in [-0.05, 0) is 54.8 Å². The summed E-state index contributed by atoms with van der Waals surface area (Å²) in [7, 11) is -4.04. The van der Waals surface area contributed by atoms with Crippen molar-refractivity contribution >= 4 is 27.5 Å². The lowest BCUT2D eigenvalue weighted by Gasteiger charge is -2.10. The average Bonchev–Trinajstić information content (AvgIpc) is 2.46. The highest BCUT2D eigenvalue weighted by Gasteiger charge is 2.20. The van der Waals surface area contributed by atoms with E-state index < -0.39 is 21.7 Å². The summed E-state index contributed by atoms with van der Waals surface area (Å²) in [4.78, 5) is 11.8. The van der Waals surface area contributed by atoms with Crippen molar-refractivity contribution in [1.29, 1.82) is 0 Å². The van der Waals surface area contributed by atoms with E-state index >= 15 is 0 Å². The maximum absolute atomic E-state index is 13.6. The van der Waals surface area contributed by atoms with E-state index in [1.165, 1.54) is 26.0 Å². The number of hydrogen-bond acceptors (Lipinski definition) is 3. The van der Waals surface area contributed by atoms with Gasteiger partial charge in [0.25, 0.3) is 10.0 Å². The Morgan fingerprint density at radius 1 is 1.13 bits per heavy atom. The SMILES string of the molecule is Cc1cc(S(=O)(=O)NC(=O)Cc2ccc(Cl)cc2)cc(C)c1F. The van der Waals surface area contributed by atoms with E-state index in [0.717, 1.165) is 0 Å². The highest BCUT2D eigenvalue weighted by molar-refractivity contribution is 7.90. The smallest absolute Gasteiger partial charge is 0.264 e. The third kappa shape index (κ3) is 4.30. The van der Waals surface area contributed by atoms with Crippen LogP contribution in [-0.4, -0.2) is 14.3 Å². The van der Waals surface area contributed by atoms with E-state index in [0.29, 0.717) is 10.6 Å². The fourth-order valence-electron chi connectivity index (χ4n) is 2.09. The van der Waals surface area contributed by atoms with Gasteiger partial charge in [0.15, 0.2) is 0 Å². The van der Waals surface area contributed by atoms with Gasteiger partial charge in [0.05, 0.1) is 11.3 Å². The Labute approximate surface area is 139 Å². The standard InChI is InChI=1S/C16H15ClFNO3S/c1-10-7-14(8-11(2)16(10)18)23(21,22)19-15(20)9-12-3-5-13(17)6-4-12/h3-8H,9H2,1-2H3,(H,19,20). The number of rotatable bonds is 4. The molecule has 7 heteroatoms. The molecule has 122 valence electrons. The Hall–Kier alpha value is -1.92. The van der Waals surface area contributed by atoms with E-state index in [1.807, 2.05) is 4.72 Å². The fourth-order valence-corrected chi connectivity index (χ4v) is 3.37. The summed E-state index contributed by atoms with van der Waals surface area (Å²) in [6.07, 6.45) is -0.102. The first-order chi connectivity index (χ1) is 10.7. The van der Waals surface area contributed by atoms with E-state index in [-0.39, 0.29) is 22.4 Å². The van der Waals surface area contributed by atoms with Gasteiger partial charge in [0, 0.05) is 5.02 Å². The number of carbonyl (C=O) groups is 1. The zero-order valence-electron chi connectivity index (χ0n) is 12.6.